The van der Waals surface area contributed by atoms with Crippen LogP contribution in [0.2, 0.25) is 0 Å². The molecule has 2 rings (SSSR count). The quantitative estimate of drug-likeness (QED) is 0.793. The average molecular weight is 226 g/mol. The third-order valence-corrected chi connectivity index (χ3v) is 3.28. The number of nitrogens with one attached hydrogen (secondary N) is 1. The lowest BCUT2D eigenvalue weighted by atomic mass is 10.1. The summed E-state index contributed by atoms with van der Waals surface area (Å²) < 4.78 is 0. The molecule has 17 heavy (non-hydrogen) atoms. The molecule has 0 amide bonds. The fourth-order valence-corrected chi connectivity index (χ4v) is 2.31. The second-order valence-electron chi connectivity index (χ2n) is 4.54. The molecule has 0 saturated carbocycles. The Kier molecular flexibility index (Phi) is 3.82. The van der Waals surface area contributed by atoms with Crippen molar-refractivity contribution in [2.45, 2.75) is 32.6 Å². The summed E-state index contributed by atoms with van der Waals surface area (Å²) in [6.07, 6.45) is 7.25. The molecule has 1 aromatic rings. The monoisotopic (exact) mass is 226 g/mol. The molecule has 0 heterocycles. The molecule has 0 spiro atoms. The van der Waals surface area contributed by atoms with E-state index in [1.54, 1.807) is 5.57 Å². The minimum atomic E-state index is 0.741. The first kappa shape index (κ1) is 11.7. The fourth-order valence-electron chi connectivity index (χ4n) is 2.31. The molecule has 1 N–H and O–H groups in total. The van der Waals surface area contributed by atoms with E-state index in [-0.39, 0.29) is 0 Å². The minimum absolute atomic E-state index is 0.741. The Hall–Kier alpha value is -1.75. The fraction of sp³-hybridized carbons (Fsp3) is 0.400. The van der Waals surface area contributed by atoms with Crippen molar-refractivity contribution in [2.24, 2.45) is 0 Å². The Labute approximate surface area is 103 Å². The van der Waals surface area contributed by atoms with Crippen molar-refractivity contribution >= 4 is 5.69 Å². The number of para-hydroxylation sites is 1. The number of hydrogen-bond donors (Lipinski definition) is 1. The molecule has 0 aliphatic heterocycles. The largest absolute Gasteiger partial charge is 0.383 e. The van der Waals surface area contributed by atoms with E-state index in [1.165, 1.54) is 19.3 Å². The third kappa shape index (κ3) is 2.88. The van der Waals surface area contributed by atoms with Crippen LogP contribution >= 0.6 is 0 Å². The van der Waals surface area contributed by atoms with E-state index >= 15 is 0 Å². The maximum Gasteiger partial charge on any atom is 0.101 e. The molecule has 1 aliphatic rings. The van der Waals surface area contributed by atoms with Crippen LogP contribution in [-0.2, 0) is 0 Å². The maximum atomic E-state index is 9.05. The molecule has 0 fully saturated rings. The molecule has 0 unspecified atom stereocenters. The van der Waals surface area contributed by atoms with E-state index in [0.29, 0.717) is 0 Å². The zero-order valence-electron chi connectivity index (χ0n) is 10.3. The van der Waals surface area contributed by atoms with Gasteiger partial charge in [0.1, 0.15) is 6.07 Å². The highest BCUT2D eigenvalue weighted by Crippen LogP contribution is 2.22. The van der Waals surface area contributed by atoms with Gasteiger partial charge in [-0.1, -0.05) is 23.8 Å². The van der Waals surface area contributed by atoms with E-state index in [4.69, 9.17) is 5.26 Å². The zero-order valence-corrected chi connectivity index (χ0v) is 10.3. The summed E-state index contributed by atoms with van der Waals surface area (Å²) in [6, 6.07) is 8.07. The first-order valence-electron chi connectivity index (χ1n) is 6.23. The molecule has 0 bridgehead atoms. The summed E-state index contributed by atoms with van der Waals surface area (Å²) in [6.45, 7) is 2.96. The SMILES string of the molecule is Cc1cccc(C#N)c1NCCC1=CCCC1. The number of benzene rings is 1. The highest BCUT2D eigenvalue weighted by Gasteiger charge is 2.06. The van der Waals surface area contributed by atoms with Gasteiger partial charge in [-0.2, -0.15) is 5.26 Å². The van der Waals surface area contributed by atoms with E-state index in [9.17, 15) is 0 Å². The molecule has 1 aromatic carbocycles. The van der Waals surface area contributed by atoms with E-state index in [0.717, 1.165) is 29.8 Å². The lowest BCUT2D eigenvalue weighted by Gasteiger charge is -2.11. The van der Waals surface area contributed by atoms with Gasteiger partial charge >= 0.3 is 0 Å². The predicted molar refractivity (Wildman–Crippen MR) is 70.9 cm³/mol. The summed E-state index contributed by atoms with van der Waals surface area (Å²) in [5.74, 6) is 0. The predicted octanol–water partition coefficient (Wildman–Crippen LogP) is 3.78. The van der Waals surface area contributed by atoms with Gasteiger partial charge in [-0.15, -0.1) is 0 Å². The van der Waals surface area contributed by atoms with Crippen molar-refractivity contribution in [3.63, 3.8) is 0 Å². The van der Waals surface area contributed by atoms with Crippen LogP contribution in [0, 0.1) is 18.3 Å². The summed E-state index contributed by atoms with van der Waals surface area (Å²) in [5.41, 5.74) is 4.44. The first-order valence-corrected chi connectivity index (χ1v) is 6.23. The highest BCUT2D eigenvalue weighted by atomic mass is 14.9. The lowest BCUT2D eigenvalue weighted by Crippen LogP contribution is -2.05. The minimum Gasteiger partial charge on any atom is -0.383 e. The van der Waals surface area contributed by atoms with Gasteiger partial charge in [0.2, 0.25) is 0 Å². The standard InChI is InChI=1S/C15H18N2/c1-12-5-4-8-14(11-16)15(12)17-10-9-13-6-2-3-7-13/h4-6,8,17H,2-3,7,9-10H2,1H3. The summed E-state index contributed by atoms with van der Waals surface area (Å²) >= 11 is 0. The molecule has 0 saturated heterocycles. The molecule has 88 valence electrons. The Morgan fingerprint density at radius 2 is 2.29 bits per heavy atom. The van der Waals surface area contributed by atoms with Gasteiger partial charge < -0.3 is 5.32 Å². The second-order valence-corrected chi connectivity index (χ2v) is 4.54. The number of hydrogen-bond acceptors (Lipinski definition) is 2. The van der Waals surface area contributed by atoms with Gasteiger partial charge in [0.15, 0.2) is 0 Å². The van der Waals surface area contributed by atoms with Crippen molar-refractivity contribution < 1.29 is 0 Å². The van der Waals surface area contributed by atoms with Crippen LogP contribution in [0.15, 0.2) is 29.8 Å². The molecular weight excluding hydrogens is 208 g/mol. The summed E-state index contributed by atoms with van der Waals surface area (Å²) in [5, 5.41) is 12.4. The molecule has 0 aromatic heterocycles. The summed E-state index contributed by atoms with van der Waals surface area (Å²) in [4.78, 5) is 0. The van der Waals surface area contributed by atoms with Crippen molar-refractivity contribution in [2.75, 3.05) is 11.9 Å². The van der Waals surface area contributed by atoms with Crippen LogP contribution in [-0.4, -0.2) is 6.54 Å². The van der Waals surface area contributed by atoms with Crippen molar-refractivity contribution in [1.82, 2.24) is 0 Å². The molecule has 1 aliphatic carbocycles. The van der Waals surface area contributed by atoms with Gasteiger partial charge in [-0.05, 0) is 44.2 Å². The summed E-state index contributed by atoms with van der Waals surface area (Å²) in [7, 11) is 0. The van der Waals surface area contributed by atoms with Gasteiger partial charge in [0, 0.05) is 6.54 Å². The molecule has 2 nitrogen and oxygen atoms in total. The van der Waals surface area contributed by atoms with Crippen LogP contribution in [0.5, 0.6) is 0 Å². The van der Waals surface area contributed by atoms with E-state index in [2.05, 4.69) is 17.5 Å². The average Bonchev–Trinajstić information content (AvgIpc) is 2.84. The molecule has 0 atom stereocenters. The van der Waals surface area contributed by atoms with Crippen LogP contribution in [0.25, 0.3) is 0 Å². The van der Waals surface area contributed by atoms with E-state index < -0.39 is 0 Å². The van der Waals surface area contributed by atoms with Crippen LogP contribution in [0.1, 0.15) is 36.8 Å². The molecule has 0 radical (unpaired) electrons. The topological polar surface area (TPSA) is 35.8 Å². The third-order valence-electron chi connectivity index (χ3n) is 3.28. The molecule has 2 heteroatoms. The number of aryl methyl sites for hydroxylation is 1. The smallest absolute Gasteiger partial charge is 0.101 e. The maximum absolute atomic E-state index is 9.05. The van der Waals surface area contributed by atoms with Crippen molar-refractivity contribution in [3.8, 4) is 6.07 Å². The number of anilines is 1. The lowest BCUT2D eigenvalue weighted by molar-refractivity contribution is 0.863. The molecular formula is C15H18N2. The van der Waals surface area contributed by atoms with Crippen molar-refractivity contribution in [1.29, 1.82) is 5.26 Å². The Morgan fingerprint density at radius 1 is 1.41 bits per heavy atom. The van der Waals surface area contributed by atoms with E-state index in [1.807, 2.05) is 25.1 Å². The van der Waals surface area contributed by atoms with Gasteiger partial charge in [0.25, 0.3) is 0 Å². The normalized spacial score (nSPS) is 14.2. The Bertz CT molecular complexity index is 466. The van der Waals surface area contributed by atoms with Gasteiger partial charge in [-0.25, -0.2) is 0 Å². The first-order chi connectivity index (χ1) is 8.31. The number of allylic oxidation sites excluding steroid dienone is 1. The number of rotatable bonds is 4. The highest BCUT2D eigenvalue weighted by molar-refractivity contribution is 5.62. The van der Waals surface area contributed by atoms with Gasteiger partial charge in [0.05, 0.1) is 11.3 Å². The van der Waals surface area contributed by atoms with Crippen LogP contribution in [0.3, 0.4) is 0 Å². The van der Waals surface area contributed by atoms with Crippen LogP contribution < -0.4 is 5.32 Å². The zero-order chi connectivity index (χ0) is 12.1. The van der Waals surface area contributed by atoms with Crippen LogP contribution in [0.4, 0.5) is 5.69 Å². The second kappa shape index (κ2) is 5.54. The Morgan fingerprint density at radius 3 is 3.00 bits per heavy atom. The van der Waals surface area contributed by atoms with Crippen molar-refractivity contribution in [3.05, 3.63) is 41.0 Å². The Balaban J connectivity index is 1.96. The number of nitriles is 1. The number of nitrogens with zero attached hydrogens (tertiary/aromatic N) is 1. The van der Waals surface area contributed by atoms with Gasteiger partial charge in [-0.3, -0.25) is 0 Å².